The molecule has 0 spiro atoms. The van der Waals surface area contributed by atoms with Gasteiger partial charge in [-0.2, -0.15) is 0 Å². The third kappa shape index (κ3) is 9.28. The maximum absolute atomic E-state index is 6.36. The maximum Gasteiger partial charge on any atom is 0.164 e. The Morgan fingerprint density at radius 1 is 0.452 bits per heavy atom. The number of ether oxygens (including phenoxy) is 6. The van der Waals surface area contributed by atoms with E-state index in [9.17, 15) is 0 Å². The first-order valence-corrected chi connectivity index (χ1v) is 16.4. The molecule has 236 valence electrons. The molecule has 0 aliphatic carbocycles. The van der Waals surface area contributed by atoms with Gasteiger partial charge in [0.2, 0.25) is 0 Å². The first-order chi connectivity index (χ1) is 20.3. The highest BCUT2D eigenvalue weighted by Crippen LogP contribution is 2.41. The van der Waals surface area contributed by atoms with Crippen LogP contribution in [0.3, 0.4) is 0 Å². The number of hydrogen-bond acceptors (Lipinski definition) is 6. The minimum Gasteiger partial charge on any atom is -0.487 e. The summed E-state index contributed by atoms with van der Waals surface area (Å²) < 4.78 is 37.0. The number of rotatable bonds is 8. The first-order valence-electron chi connectivity index (χ1n) is 16.4. The van der Waals surface area contributed by atoms with Crippen LogP contribution in [0.4, 0.5) is 0 Å². The summed E-state index contributed by atoms with van der Waals surface area (Å²) in [6.07, 6.45) is 4.24. The highest BCUT2D eigenvalue weighted by atomic mass is 16.6. The lowest BCUT2D eigenvalue weighted by atomic mass is 9.86. The van der Waals surface area contributed by atoms with Crippen LogP contribution in [-0.2, 0) is 9.47 Å². The molecule has 42 heavy (non-hydrogen) atoms. The molecule has 6 nitrogen and oxygen atoms in total. The Bertz CT molecular complexity index is 1080. The molecule has 3 rings (SSSR count). The van der Waals surface area contributed by atoms with Crippen LogP contribution in [-0.4, -0.2) is 52.9 Å². The van der Waals surface area contributed by atoms with Gasteiger partial charge in [0.25, 0.3) is 0 Å². The molecule has 0 bridgehead atoms. The Morgan fingerprint density at radius 3 is 1.31 bits per heavy atom. The average molecular weight is 585 g/mol. The van der Waals surface area contributed by atoms with E-state index < -0.39 is 0 Å². The molecular weight excluding hydrogens is 528 g/mol. The molecule has 0 saturated heterocycles. The second-order valence-corrected chi connectivity index (χ2v) is 11.7. The number of fused-ring (bicyclic) bond motifs is 2. The number of benzene rings is 2. The molecule has 0 radical (unpaired) electrons. The quantitative estimate of drug-likeness (QED) is 0.309. The van der Waals surface area contributed by atoms with Crippen LogP contribution in [0.1, 0.15) is 127 Å². The van der Waals surface area contributed by atoms with E-state index >= 15 is 0 Å². The normalized spacial score (nSPS) is 18.3. The van der Waals surface area contributed by atoms with E-state index in [0.29, 0.717) is 76.5 Å². The van der Waals surface area contributed by atoms with Gasteiger partial charge in [-0.3, -0.25) is 0 Å². The van der Waals surface area contributed by atoms with Gasteiger partial charge >= 0.3 is 0 Å². The fraction of sp³-hybridized carbons (Fsp3) is 0.667. The van der Waals surface area contributed by atoms with Crippen molar-refractivity contribution in [2.24, 2.45) is 0 Å². The minimum atomic E-state index is 0.355. The van der Waals surface area contributed by atoms with Crippen molar-refractivity contribution in [1.29, 1.82) is 0 Å². The minimum absolute atomic E-state index is 0.355. The molecule has 2 aromatic rings. The summed E-state index contributed by atoms with van der Waals surface area (Å²) >= 11 is 0. The highest BCUT2D eigenvalue weighted by molar-refractivity contribution is 5.52. The molecule has 4 atom stereocenters. The predicted molar refractivity (Wildman–Crippen MR) is 171 cm³/mol. The van der Waals surface area contributed by atoms with Gasteiger partial charge in [-0.05, 0) is 84.2 Å². The molecule has 1 heterocycles. The predicted octanol–water partition coefficient (Wildman–Crippen LogP) is 9.00. The smallest absolute Gasteiger partial charge is 0.164 e. The molecule has 1 aliphatic rings. The van der Waals surface area contributed by atoms with Gasteiger partial charge in [-0.25, -0.2) is 0 Å². The molecule has 0 amide bonds. The van der Waals surface area contributed by atoms with Crippen molar-refractivity contribution in [1.82, 2.24) is 0 Å². The SMILES string of the molecule is CCC(C)c1cc2c(c(C(C)CC)c1)OCCOCCOc1cc(C(C)CC)c(C(C)CC)cc1OCCOCCO2. The summed E-state index contributed by atoms with van der Waals surface area (Å²) in [5.41, 5.74) is 5.16. The van der Waals surface area contributed by atoms with Crippen molar-refractivity contribution in [2.75, 3.05) is 52.9 Å². The topological polar surface area (TPSA) is 55.4 Å². The van der Waals surface area contributed by atoms with Crippen molar-refractivity contribution < 1.29 is 28.4 Å². The van der Waals surface area contributed by atoms with Crippen molar-refractivity contribution in [3.63, 3.8) is 0 Å². The van der Waals surface area contributed by atoms with Crippen LogP contribution in [0.15, 0.2) is 24.3 Å². The second kappa shape index (κ2) is 17.6. The highest BCUT2D eigenvalue weighted by Gasteiger charge is 2.21. The van der Waals surface area contributed by atoms with Crippen molar-refractivity contribution in [3.05, 3.63) is 46.5 Å². The van der Waals surface area contributed by atoms with Gasteiger partial charge in [0.15, 0.2) is 23.0 Å². The molecule has 1 aliphatic heterocycles. The van der Waals surface area contributed by atoms with Crippen LogP contribution >= 0.6 is 0 Å². The molecule has 0 aromatic heterocycles. The van der Waals surface area contributed by atoms with Crippen LogP contribution in [0.25, 0.3) is 0 Å². The zero-order valence-corrected chi connectivity index (χ0v) is 27.6. The Hall–Kier alpha value is -2.44. The molecular formula is C36H56O6. The zero-order valence-electron chi connectivity index (χ0n) is 27.6. The molecule has 0 N–H and O–H groups in total. The van der Waals surface area contributed by atoms with Gasteiger partial charge in [0.05, 0.1) is 26.4 Å². The lowest BCUT2D eigenvalue weighted by Gasteiger charge is -2.24. The Balaban J connectivity index is 1.81. The van der Waals surface area contributed by atoms with Gasteiger partial charge in [-0.15, -0.1) is 0 Å². The van der Waals surface area contributed by atoms with E-state index in [2.05, 4.69) is 79.7 Å². The van der Waals surface area contributed by atoms with Crippen molar-refractivity contribution in [3.8, 4) is 23.0 Å². The van der Waals surface area contributed by atoms with E-state index in [-0.39, 0.29) is 0 Å². The number of hydrogen-bond donors (Lipinski definition) is 0. The van der Waals surface area contributed by atoms with Gasteiger partial charge in [-0.1, -0.05) is 61.5 Å². The molecule has 0 fully saturated rings. The van der Waals surface area contributed by atoms with Crippen LogP contribution < -0.4 is 18.9 Å². The summed E-state index contributed by atoms with van der Waals surface area (Å²) in [7, 11) is 0. The lowest BCUT2D eigenvalue weighted by Crippen LogP contribution is -2.17. The Labute approximate surface area is 255 Å². The van der Waals surface area contributed by atoms with E-state index in [1.165, 1.54) is 22.3 Å². The zero-order chi connectivity index (χ0) is 30.5. The second-order valence-electron chi connectivity index (χ2n) is 11.7. The van der Waals surface area contributed by atoms with Gasteiger partial charge in [0.1, 0.15) is 26.4 Å². The van der Waals surface area contributed by atoms with Crippen molar-refractivity contribution in [2.45, 2.75) is 105 Å². The first kappa shape index (κ1) is 34.1. The third-order valence-corrected chi connectivity index (χ3v) is 8.80. The molecule has 0 saturated carbocycles. The summed E-state index contributed by atoms with van der Waals surface area (Å²) in [6, 6.07) is 8.81. The Kier molecular flexibility index (Phi) is 14.3. The fourth-order valence-corrected chi connectivity index (χ4v) is 5.16. The Morgan fingerprint density at radius 2 is 0.857 bits per heavy atom. The summed E-state index contributed by atoms with van der Waals surface area (Å²) in [6.45, 7) is 21.6. The van der Waals surface area contributed by atoms with Crippen LogP contribution in [0.5, 0.6) is 23.0 Å². The molecule has 2 aromatic carbocycles. The van der Waals surface area contributed by atoms with Crippen LogP contribution in [0.2, 0.25) is 0 Å². The summed E-state index contributed by atoms with van der Waals surface area (Å²) in [4.78, 5) is 0. The van der Waals surface area contributed by atoms with E-state index in [1.54, 1.807) is 0 Å². The third-order valence-electron chi connectivity index (χ3n) is 8.80. The molecule has 6 heteroatoms. The average Bonchev–Trinajstić information content (AvgIpc) is 3.01. The monoisotopic (exact) mass is 584 g/mol. The van der Waals surface area contributed by atoms with Crippen molar-refractivity contribution >= 4 is 0 Å². The fourth-order valence-electron chi connectivity index (χ4n) is 5.16. The van der Waals surface area contributed by atoms with E-state index in [1.807, 2.05) is 0 Å². The van der Waals surface area contributed by atoms with Gasteiger partial charge in [0, 0.05) is 5.56 Å². The summed E-state index contributed by atoms with van der Waals surface area (Å²) in [5, 5.41) is 0. The van der Waals surface area contributed by atoms with Gasteiger partial charge < -0.3 is 28.4 Å². The van der Waals surface area contributed by atoms with E-state index in [0.717, 1.165) is 48.7 Å². The standard InChI is InChI=1S/C36H56O6/c1-9-25(5)29-21-32(28(8)12-4)36-35(22-29)41-19-15-37-13-17-39-33-23-30(26(6)10-2)31(27(7)11-3)24-34(33)40-18-14-38-16-20-42-36/h21-28H,9-20H2,1-8H3. The largest absolute Gasteiger partial charge is 0.487 e. The summed E-state index contributed by atoms with van der Waals surface area (Å²) in [5.74, 6) is 4.83. The lowest BCUT2D eigenvalue weighted by molar-refractivity contribution is 0.0636. The maximum atomic E-state index is 6.36. The van der Waals surface area contributed by atoms with E-state index in [4.69, 9.17) is 28.4 Å². The van der Waals surface area contributed by atoms with Crippen LogP contribution in [0, 0.1) is 0 Å². The molecule has 4 unspecified atom stereocenters.